The van der Waals surface area contributed by atoms with Gasteiger partial charge >= 0.3 is 0 Å². The number of nitrogens with one attached hydrogen (secondary N) is 3. The molecular formula is C17H26N4O2S. The van der Waals surface area contributed by atoms with Crippen LogP contribution in [0.25, 0.3) is 0 Å². The maximum absolute atomic E-state index is 11.1. The molecule has 1 amide bonds. The first kappa shape index (κ1) is 18.4. The third-order valence-corrected chi connectivity index (χ3v) is 4.96. The Bertz CT molecular complexity index is 559. The SMILES string of the molecule is CN=C(NCCOc1cccc(NC(C)=O)c1)NCC1CCCS1. The fourth-order valence-corrected chi connectivity index (χ4v) is 3.64. The molecule has 0 aromatic heterocycles. The predicted molar refractivity (Wildman–Crippen MR) is 101 cm³/mol. The van der Waals surface area contributed by atoms with E-state index in [1.165, 1.54) is 25.5 Å². The highest BCUT2D eigenvalue weighted by molar-refractivity contribution is 8.00. The Morgan fingerprint density at radius 2 is 2.29 bits per heavy atom. The van der Waals surface area contributed by atoms with Gasteiger partial charge in [0.25, 0.3) is 0 Å². The van der Waals surface area contributed by atoms with Gasteiger partial charge in [-0.15, -0.1) is 0 Å². The van der Waals surface area contributed by atoms with Crippen molar-refractivity contribution in [3.05, 3.63) is 24.3 Å². The second-order valence-corrected chi connectivity index (χ2v) is 6.98. The summed E-state index contributed by atoms with van der Waals surface area (Å²) >= 11 is 2.03. The minimum atomic E-state index is -0.0934. The number of hydrogen-bond acceptors (Lipinski definition) is 4. The molecule has 1 unspecified atom stereocenters. The largest absolute Gasteiger partial charge is 0.492 e. The van der Waals surface area contributed by atoms with E-state index >= 15 is 0 Å². The van der Waals surface area contributed by atoms with Crippen molar-refractivity contribution in [1.82, 2.24) is 10.6 Å². The Balaban J connectivity index is 1.66. The van der Waals surface area contributed by atoms with Crippen molar-refractivity contribution in [2.45, 2.75) is 25.0 Å². The van der Waals surface area contributed by atoms with E-state index in [-0.39, 0.29) is 5.91 Å². The summed E-state index contributed by atoms with van der Waals surface area (Å²) in [5.41, 5.74) is 0.736. The van der Waals surface area contributed by atoms with Gasteiger partial charge in [-0.2, -0.15) is 11.8 Å². The standard InChI is InChI=1S/C17H26N4O2S/c1-13(22)21-14-5-3-6-15(11-14)23-9-8-19-17(18-2)20-12-16-7-4-10-24-16/h3,5-6,11,16H,4,7-10,12H2,1-2H3,(H,21,22)(H2,18,19,20). The number of nitrogens with zero attached hydrogens (tertiary/aromatic N) is 1. The first-order valence-electron chi connectivity index (χ1n) is 8.24. The van der Waals surface area contributed by atoms with Crippen molar-refractivity contribution in [1.29, 1.82) is 0 Å². The van der Waals surface area contributed by atoms with Gasteiger partial charge in [0.1, 0.15) is 12.4 Å². The van der Waals surface area contributed by atoms with E-state index in [0.29, 0.717) is 18.4 Å². The molecule has 1 aromatic rings. The monoisotopic (exact) mass is 350 g/mol. The highest BCUT2D eigenvalue weighted by Gasteiger charge is 2.15. The highest BCUT2D eigenvalue weighted by atomic mass is 32.2. The number of ether oxygens (including phenoxy) is 1. The second-order valence-electron chi connectivity index (χ2n) is 5.57. The number of carbonyl (C=O) groups excluding carboxylic acids is 1. The third kappa shape index (κ3) is 6.70. The van der Waals surface area contributed by atoms with Crippen molar-refractivity contribution < 1.29 is 9.53 Å². The van der Waals surface area contributed by atoms with Crippen LogP contribution in [0.15, 0.2) is 29.3 Å². The lowest BCUT2D eigenvalue weighted by Gasteiger charge is -2.15. The van der Waals surface area contributed by atoms with E-state index in [2.05, 4.69) is 20.9 Å². The minimum absolute atomic E-state index is 0.0934. The minimum Gasteiger partial charge on any atom is -0.492 e. The summed E-state index contributed by atoms with van der Waals surface area (Å²) < 4.78 is 5.70. The van der Waals surface area contributed by atoms with Crippen LogP contribution in [0.3, 0.4) is 0 Å². The average Bonchev–Trinajstić information content (AvgIpc) is 3.07. The molecule has 0 aliphatic carbocycles. The zero-order valence-electron chi connectivity index (χ0n) is 14.3. The summed E-state index contributed by atoms with van der Waals surface area (Å²) in [6, 6.07) is 7.37. The molecule has 1 aliphatic heterocycles. The zero-order valence-corrected chi connectivity index (χ0v) is 15.1. The van der Waals surface area contributed by atoms with Crippen molar-refractivity contribution >= 4 is 29.3 Å². The molecular weight excluding hydrogens is 324 g/mol. The predicted octanol–water partition coefficient (Wildman–Crippen LogP) is 2.08. The quantitative estimate of drug-likeness (QED) is 0.399. The molecule has 6 nitrogen and oxygen atoms in total. The summed E-state index contributed by atoms with van der Waals surface area (Å²) in [5.74, 6) is 2.71. The van der Waals surface area contributed by atoms with E-state index < -0.39 is 0 Å². The van der Waals surface area contributed by atoms with Gasteiger partial charge in [-0.3, -0.25) is 9.79 Å². The van der Waals surface area contributed by atoms with E-state index in [0.717, 1.165) is 23.9 Å². The van der Waals surface area contributed by atoms with Crippen molar-refractivity contribution in [2.24, 2.45) is 4.99 Å². The molecule has 2 rings (SSSR count). The normalized spacial score (nSPS) is 17.4. The Hall–Kier alpha value is -1.89. The molecule has 0 spiro atoms. The summed E-state index contributed by atoms with van der Waals surface area (Å²) in [7, 11) is 1.77. The highest BCUT2D eigenvalue weighted by Crippen LogP contribution is 2.25. The van der Waals surface area contributed by atoms with Crippen molar-refractivity contribution in [2.75, 3.05) is 37.8 Å². The van der Waals surface area contributed by atoms with Gasteiger partial charge in [-0.05, 0) is 30.7 Å². The fraction of sp³-hybridized carbons (Fsp3) is 0.529. The van der Waals surface area contributed by atoms with Crippen LogP contribution < -0.4 is 20.7 Å². The van der Waals surface area contributed by atoms with Gasteiger partial charge in [0.05, 0.1) is 6.54 Å². The van der Waals surface area contributed by atoms with Gasteiger partial charge < -0.3 is 20.7 Å². The fourth-order valence-electron chi connectivity index (χ4n) is 2.44. The number of rotatable bonds is 7. The topological polar surface area (TPSA) is 74.8 Å². The lowest BCUT2D eigenvalue weighted by atomic mass is 10.2. The molecule has 7 heteroatoms. The number of thioether (sulfide) groups is 1. The van der Waals surface area contributed by atoms with E-state index in [4.69, 9.17) is 4.74 Å². The number of anilines is 1. The number of amides is 1. The number of carbonyl (C=O) groups is 1. The molecule has 1 heterocycles. The molecule has 0 radical (unpaired) electrons. The van der Waals surface area contributed by atoms with Crippen LogP contribution in [0.1, 0.15) is 19.8 Å². The Morgan fingerprint density at radius 1 is 1.42 bits per heavy atom. The molecule has 0 bridgehead atoms. The number of hydrogen-bond donors (Lipinski definition) is 3. The molecule has 1 atom stereocenters. The molecule has 24 heavy (non-hydrogen) atoms. The Morgan fingerprint density at radius 3 is 3.00 bits per heavy atom. The van der Waals surface area contributed by atoms with Crippen LogP contribution in [0.2, 0.25) is 0 Å². The van der Waals surface area contributed by atoms with E-state index in [1.807, 2.05) is 36.0 Å². The second kappa shape index (κ2) is 10.1. The Kier molecular flexibility index (Phi) is 7.74. The summed E-state index contributed by atoms with van der Waals surface area (Å²) in [6.07, 6.45) is 2.59. The molecule has 0 saturated carbocycles. The molecule has 1 aromatic carbocycles. The maximum Gasteiger partial charge on any atom is 0.221 e. The van der Waals surface area contributed by atoms with Crippen LogP contribution in [-0.2, 0) is 4.79 Å². The zero-order chi connectivity index (χ0) is 17.2. The van der Waals surface area contributed by atoms with Crippen LogP contribution in [-0.4, -0.2) is 49.6 Å². The molecule has 3 N–H and O–H groups in total. The molecule has 1 aliphatic rings. The smallest absolute Gasteiger partial charge is 0.221 e. The summed E-state index contributed by atoms with van der Waals surface area (Å²) in [6.45, 7) is 3.61. The van der Waals surface area contributed by atoms with Crippen LogP contribution >= 0.6 is 11.8 Å². The number of guanidine groups is 1. The molecule has 132 valence electrons. The molecule has 1 saturated heterocycles. The summed E-state index contributed by atoms with van der Waals surface area (Å²) in [4.78, 5) is 15.3. The van der Waals surface area contributed by atoms with E-state index in [9.17, 15) is 4.79 Å². The maximum atomic E-state index is 11.1. The van der Waals surface area contributed by atoms with Crippen molar-refractivity contribution in [3.8, 4) is 5.75 Å². The van der Waals surface area contributed by atoms with Gasteiger partial charge in [-0.25, -0.2) is 0 Å². The van der Waals surface area contributed by atoms with Gasteiger partial charge in [0.15, 0.2) is 5.96 Å². The van der Waals surface area contributed by atoms with Crippen LogP contribution in [0, 0.1) is 0 Å². The first-order chi connectivity index (χ1) is 11.7. The van der Waals surface area contributed by atoms with Crippen LogP contribution in [0.4, 0.5) is 5.69 Å². The van der Waals surface area contributed by atoms with Gasteiger partial charge in [0.2, 0.25) is 5.91 Å². The number of aliphatic imine (C=N–C) groups is 1. The van der Waals surface area contributed by atoms with Gasteiger partial charge in [-0.1, -0.05) is 6.07 Å². The summed E-state index contributed by atoms with van der Waals surface area (Å²) in [5, 5.41) is 10.0. The molecule has 1 fully saturated rings. The third-order valence-electron chi connectivity index (χ3n) is 3.56. The first-order valence-corrected chi connectivity index (χ1v) is 9.29. The average molecular weight is 350 g/mol. The Labute approximate surface area is 147 Å². The lowest BCUT2D eigenvalue weighted by molar-refractivity contribution is -0.114. The van der Waals surface area contributed by atoms with Gasteiger partial charge in [0, 0.05) is 37.5 Å². The number of benzene rings is 1. The van der Waals surface area contributed by atoms with Crippen molar-refractivity contribution in [3.63, 3.8) is 0 Å². The lowest BCUT2D eigenvalue weighted by Crippen LogP contribution is -2.41. The van der Waals surface area contributed by atoms with E-state index in [1.54, 1.807) is 7.05 Å². The van der Waals surface area contributed by atoms with Crippen LogP contribution in [0.5, 0.6) is 5.75 Å².